The molecule has 25 heavy (non-hydrogen) atoms. The van der Waals surface area contributed by atoms with Crippen LogP contribution < -0.4 is 0 Å². The zero-order valence-corrected chi connectivity index (χ0v) is 15.8. The Bertz CT molecular complexity index is 530. The molecular formula is C21H34O4. The average Bonchev–Trinajstić information content (AvgIpc) is 2.94. The Morgan fingerprint density at radius 2 is 1.64 bits per heavy atom. The first kappa shape index (κ1) is 18.7. The maximum Gasteiger partial charge on any atom is 0.303 e. The summed E-state index contributed by atoms with van der Waals surface area (Å²) in [5.41, 5.74) is 0.490. The first-order chi connectivity index (χ1) is 11.8. The van der Waals surface area contributed by atoms with Gasteiger partial charge in [-0.05, 0) is 85.9 Å². The van der Waals surface area contributed by atoms with E-state index in [4.69, 9.17) is 5.11 Å². The second-order valence-electron chi connectivity index (χ2n) is 9.57. The lowest BCUT2D eigenvalue weighted by Gasteiger charge is -2.58. The first-order valence-electron chi connectivity index (χ1n) is 10.2. The molecule has 0 radical (unpaired) electrons. The van der Waals surface area contributed by atoms with E-state index in [0.717, 1.165) is 18.3 Å². The van der Waals surface area contributed by atoms with Gasteiger partial charge in [0.15, 0.2) is 0 Å². The van der Waals surface area contributed by atoms with E-state index < -0.39 is 11.9 Å². The molecule has 3 aliphatic carbocycles. The smallest absolute Gasteiger partial charge is 0.303 e. The van der Waals surface area contributed by atoms with Gasteiger partial charge in [-0.15, -0.1) is 0 Å². The maximum atomic E-state index is 11.3. The maximum absolute atomic E-state index is 11.3. The molecule has 3 fully saturated rings. The molecule has 0 unspecified atom stereocenters. The van der Waals surface area contributed by atoms with Gasteiger partial charge in [0.25, 0.3) is 0 Å². The first-order valence-corrected chi connectivity index (χ1v) is 10.2. The van der Waals surface area contributed by atoms with Crippen molar-refractivity contribution in [3.05, 3.63) is 0 Å². The van der Waals surface area contributed by atoms with Gasteiger partial charge in [0.2, 0.25) is 0 Å². The van der Waals surface area contributed by atoms with Gasteiger partial charge in [-0.3, -0.25) is 9.59 Å². The fourth-order valence-corrected chi connectivity index (χ4v) is 7.07. The summed E-state index contributed by atoms with van der Waals surface area (Å²) in [6.07, 6.45) is 10.7. The Balaban J connectivity index is 1.83. The lowest BCUT2D eigenvalue weighted by Crippen LogP contribution is -2.51. The fraction of sp³-hybridized carbons (Fsp3) is 0.905. The molecule has 3 saturated carbocycles. The summed E-state index contributed by atoms with van der Waals surface area (Å²) in [5, 5.41) is 18.4. The molecule has 0 aliphatic heterocycles. The van der Waals surface area contributed by atoms with E-state index in [9.17, 15) is 14.7 Å². The minimum atomic E-state index is -0.727. The molecule has 0 aromatic carbocycles. The molecule has 142 valence electrons. The van der Waals surface area contributed by atoms with E-state index in [1.54, 1.807) is 0 Å². The highest BCUT2D eigenvalue weighted by atomic mass is 16.4. The number of carbonyl (C=O) groups is 2. The Labute approximate surface area is 151 Å². The summed E-state index contributed by atoms with van der Waals surface area (Å²) in [5.74, 6) is 1.01. The van der Waals surface area contributed by atoms with Crippen LogP contribution in [0, 0.1) is 34.5 Å². The molecule has 3 rings (SSSR count). The number of fused-ring (bicyclic) bond motifs is 3. The molecule has 0 bridgehead atoms. The zero-order chi connectivity index (χ0) is 18.2. The van der Waals surface area contributed by atoms with Gasteiger partial charge in [-0.1, -0.05) is 20.3 Å². The van der Waals surface area contributed by atoms with E-state index in [1.807, 2.05) is 0 Å². The fourth-order valence-electron chi connectivity index (χ4n) is 7.07. The molecule has 0 amide bonds. The van der Waals surface area contributed by atoms with E-state index >= 15 is 0 Å². The van der Waals surface area contributed by atoms with Crippen molar-refractivity contribution in [2.24, 2.45) is 34.5 Å². The van der Waals surface area contributed by atoms with E-state index in [0.29, 0.717) is 30.1 Å². The zero-order valence-electron chi connectivity index (χ0n) is 15.8. The molecule has 2 N–H and O–H groups in total. The Hall–Kier alpha value is -1.06. The van der Waals surface area contributed by atoms with Crippen molar-refractivity contribution in [2.45, 2.75) is 84.5 Å². The predicted molar refractivity (Wildman–Crippen MR) is 96.2 cm³/mol. The van der Waals surface area contributed by atoms with Gasteiger partial charge >= 0.3 is 11.9 Å². The Morgan fingerprint density at radius 3 is 2.32 bits per heavy atom. The highest BCUT2D eigenvalue weighted by molar-refractivity contribution is 5.67. The average molecular weight is 350 g/mol. The van der Waals surface area contributed by atoms with Crippen LogP contribution in [0.1, 0.15) is 84.5 Å². The molecule has 3 aliphatic rings. The van der Waals surface area contributed by atoms with Crippen LogP contribution in [0.4, 0.5) is 0 Å². The second kappa shape index (κ2) is 6.92. The van der Waals surface area contributed by atoms with Crippen LogP contribution in [0.15, 0.2) is 0 Å². The standard InChI is InChI=1S/C21H34O4/c1-20-11-3-4-16(20)15-7-5-14(6-8-18(22)23)21(2,13-10-19(24)25)17(15)9-12-20/h14-17H,3-13H2,1-2H3,(H,22,23)(H,24,25)/t14-,15+,16-,17+,20-,21-/m1/s1. The second-order valence-corrected chi connectivity index (χ2v) is 9.57. The van der Waals surface area contributed by atoms with Gasteiger partial charge < -0.3 is 10.2 Å². The normalized spacial score (nSPS) is 43.3. The van der Waals surface area contributed by atoms with Crippen molar-refractivity contribution in [3.63, 3.8) is 0 Å². The lowest BCUT2D eigenvalue weighted by atomic mass is 9.46. The summed E-state index contributed by atoms with van der Waals surface area (Å²) in [6, 6.07) is 0. The molecule has 0 saturated heterocycles. The van der Waals surface area contributed by atoms with Gasteiger partial charge in [0.05, 0.1) is 0 Å². The van der Waals surface area contributed by atoms with Gasteiger partial charge in [0, 0.05) is 12.8 Å². The molecular weight excluding hydrogens is 316 g/mol. The van der Waals surface area contributed by atoms with Gasteiger partial charge in [-0.25, -0.2) is 0 Å². The number of aliphatic carboxylic acids is 2. The van der Waals surface area contributed by atoms with E-state index in [-0.39, 0.29) is 18.3 Å². The SMILES string of the molecule is C[C@]12CCC[C@@H]1[C@@H]1CC[C@H](CCC(=O)O)[C@@](C)(CCC(=O)O)[C@H]1CC2. The van der Waals surface area contributed by atoms with Crippen molar-refractivity contribution in [1.29, 1.82) is 0 Å². The van der Waals surface area contributed by atoms with Crippen LogP contribution in [0.5, 0.6) is 0 Å². The third kappa shape index (κ3) is 3.46. The molecule has 4 heteroatoms. The van der Waals surface area contributed by atoms with Crippen LogP contribution in [-0.2, 0) is 9.59 Å². The van der Waals surface area contributed by atoms with E-state index in [1.165, 1.54) is 38.5 Å². The topological polar surface area (TPSA) is 74.6 Å². The van der Waals surface area contributed by atoms with E-state index in [2.05, 4.69) is 13.8 Å². The quantitative estimate of drug-likeness (QED) is 0.709. The van der Waals surface area contributed by atoms with Crippen molar-refractivity contribution in [3.8, 4) is 0 Å². The number of carboxylic acid groups (broad SMARTS) is 2. The summed E-state index contributed by atoms with van der Waals surface area (Å²) < 4.78 is 0. The summed E-state index contributed by atoms with van der Waals surface area (Å²) in [4.78, 5) is 22.4. The molecule has 0 aromatic rings. The van der Waals surface area contributed by atoms with Crippen LogP contribution in [0.3, 0.4) is 0 Å². The van der Waals surface area contributed by atoms with Crippen molar-refractivity contribution in [1.82, 2.24) is 0 Å². The minimum Gasteiger partial charge on any atom is -0.481 e. The third-order valence-electron chi connectivity index (χ3n) is 8.43. The van der Waals surface area contributed by atoms with Crippen molar-refractivity contribution >= 4 is 11.9 Å². The highest BCUT2D eigenvalue weighted by Gasteiger charge is 2.56. The highest BCUT2D eigenvalue weighted by Crippen LogP contribution is 2.65. The molecule has 0 heterocycles. The van der Waals surface area contributed by atoms with Crippen molar-refractivity contribution in [2.75, 3.05) is 0 Å². The monoisotopic (exact) mass is 350 g/mol. The van der Waals surface area contributed by atoms with Crippen LogP contribution in [-0.4, -0.2) is 22.2 Å². The van der Waals surface area contributed by atoms with Crippen LogP contribution >= 0.6 is 0 Å². The number of hydrogen-bond acceptors (Lipinski definition) is 2. The summed E-state index contributed by atoms with van der Waals surface area (Å²) in [6.45, 7) is 4.77. The van der Waals surface area contributed by atoms with Crippen LogP contribution in [0.2, 0.25) is 0 Å². The lowest BCUT2D eigenvalue weighted by molar-refractivity contribution is -0.142. The molecule has 4 nitrogen and oxygen atoms in total. The third-order valence-corrected chi connectivity index (χ3v) is 8.43. The largest absolute Gasteiger partial charge is 0.481 e. The number of carboxylic acids is 2. The van der Waals surface area contributed by atoms with Gasteiger partial charge in [-0.2, -0.15) is 0 Å². The predicted octanol–water partition coefficient (Wildman–Crippen LogP) is 4.96. The Morgan fingerprint density at radius 1 is 0.920 bits per heavy atom. The molecule has 0 spiro atoms. The Kier molecular flexibility index (Phi) is 5.18. The molecule has 0 aromatic heterocycles. The van der Waals surface area contributed by atoms with Crippen LogP contribution in [0.25, 0.3) is 0 Å². The number of rotatable bonds is 6. The summed E-state index contributed by atoms with van der Waals surface area (Å²) in [7, 11) is 0. The van der Waals surface area contributed by atoms with Gasteiger partial charge in [0.1, 0.15) is 0 Å². The van der Waals surface area contributed by atoms with Crippen molar-refractivity contribution < 1.29 is 19.8 Å². The number of hydrogen-bond donors (Lipinski definition) is 2. The minimum absolute atomic E-state index is 0.0132. The molecule has 6 atom stereocenters. The summed E-state index contributed by atoms with van der Waals surface area (Å²) >= 11 is 0.